The second-order valence-electron chi connectivity index (χ2n) is 5.33. The summed E-state index contributed by atoms with van der Waals surface area (Å²) in [4.78, 5) is 4.05. The van der Waals surface area contributed by atoms with Crippen LogP contribution in [-0.4, -0.2) is 19.2 Å². The van der Waals surface area contributed by atoms with Gasteiger partial charge in [0.05, 0.1) is 12.4 Å². The predicted octanol–water partition coefficient (Wildman–Crippen LogP) is 2.53. The molecule has 1 atom stereocenters. The molecule has 1 aliphatic rings. The van der Waals surface area contributed by atoms with Gasteiger partial charge in [-0.25, -0.2) is 4.98 Å². The molecule has 4 heteroatoms. The van der Waals surface area contributed by atoms with Crippen LogP contribution in [-0.2, 0) is 19.5 Å². The van der Waals surface area contributed by atoms with Crippen LogP contribution in [0.25, 0.3) is 0 Å². The zero-order valence-corrected chi connectivity index (χ0v) is 11.2. The molecule has 0 saturated heterocycles. The van der Waals surface area contributed by atoms with Crippen LogP contribution in [0.15, 0.2) is 31.0 Å². The van der Waals surface area contributed by atoms with Crippen molar-refractivity contribution in [2.45, 2.75) is 51.3 Å². The van der Waals surface area contributed by atoms with Crippen LogP contribution in [0, 0.1) is 0 Å². The molecule has 1 aliphatic carbocycles. The molecule has 2 heterocycles. The van der Waals surface area contributed by atoms with Gasteiger partial charge in [-0.1, -0.05) is 0 Å². The quantitative estimate of drug-likeness (QED) is 0.838. The van der Waals surface area contributed by atoms with E-state index in [0.29, 0.717) is 0 Å². The lowest BCUT2D eigenvalue weighted by Crippen LogP contribution is -2.12. The van der Waals surface area contributed by atoms with Crippen LogP contribution in [0.2, 0.25) is 0 Å². The zero-order valence-electron chi connectivity index (χ0n) is 11.2. The summed E-state index contributed by atoms with van der Waals surface area (Å²) in [6.45, 7) is 2.09. The number of aryl methyl sites for hydroxylation is 2. The van der Waals surface area contributed by atoms with Crippen LogP contribution in [0.3, 0.4) is 0 Å². The molecular formula is C15H21N3O. The van der Waals surface area contributed by atoms with Crippen molar-refractivity contribution in [2.24, 2.45) is 0 Å². The first-order valence-corrected chi connectivity index (χ1v) is 7.16. The molecule has 1 N–H and O–H groups in total. The summed E-state index contributed by atoms with van der Waals surface area (Å²) in [5, 5.41) is 9.95. The number of rotatable bonds is 5. The number of hydrogen-bond acceptors (Lipinski definition) is 2. The van der Waals surface area contributed by atoms with Crippen LogP contribution in [0.1, 0.15) is 43.0 Å². The van der Waals surface area contributed by atoms with Gasteiger partial charge >= 0.3 is 0 Å². The lowest BCUT2D eigenvalue weighted by Gasteiger charge is -2.20. The summed E-state index contributed by atoms with van der Waals surface area (Å²) < 4.78 is 4.44. The summed E-state index contributed by atoms with van der Waals surface area (Å²) in [5.74, 6) is 0. The fourth-order valence-electron chi connectivity index (χ4n) is 2.94. The first-order valence-electron chi connectivity index (χ1n) is 7.16. The summed E-state index contributed by atoms with van der Waals surface area (Å²) in [6.07, 6.45) is 13.0. The van der Waals surface area contributed by atoms with E-state index in [1.165, 1.54) is 5.69 Å². The van der Waals surface area contributed by atoms with Gasteiger partial charge in [0, 0.05) is 42.9 Å². The number of aliphatic hydroxyl groups is 1. The smallest absolute Gasteiger partial charge is 0.0945 e. The van der Waals surface area contributed by atoms with E-state index < -0.39 is 0 Å². The molecule has 0 spiro atoms. The first-order chi connectivity index (χ1) is 9.34. The zero-order chi connectivity index (χ0) is 13.1. The summed E-state index contributed by atoms with van der Waals surface area (Å²) >= 11 is 0. The van der Waals surface area contributed by atoms with E-state index in [0.717, 1.165) is 50.8 Å². The molecule has 0 radical (unpaired) electrons. The molecule has 2 aromatic heterocycles. The monoisotopic (exact) mass is 259 g/mol. The highest BCUT2D eigenvalue weighted by Crippen LogP contribution is 2.30. The van der Waals surface area contributed by atoms with E-state index in [9.17, 15) is 5.11 Å². The minimum absolute atomic E-state index is 0.240. The van der Waals surface area contributed by atoms with Gasteiger partial charge in [-0.15, -0.1) is 0 Å². The Morgan fingerprint density at radius 2 is 2.16 bits per heavy atom. The van der Waals surface area contributed by atoms with Gasteiger partial charge in [0.25, 0.3) is 0 Å². The molecule has 0 fully saturated rings. The molecular weight excluding hydrogens is 238 g/mol. The molecule has 3 rings (SSSR count). The number of unbranched alkanes of at least 4 members (excludes halogenated alkanes) is 1. The van der Waals surface area contributed by atoms with Crippen molar-refractivity contribution in [1.82, 2.24) is 14.1 Å². The van der Waals surface area contributed by atoms with Crippen molar-refractivity contribution in [2.75, 3.05) is 0 Å². The maximum absolute atomic E-state index is 9.95. The minimum atomic E-state index is -0.240. The predicted molar refractivity (Wildman–Crippen MR) is 73.8 cm³/mol. The number of hydrogen-bond donors (Lipinski definition) is 1. The summed E-state index contributed by atoms with van der Waals surface area (Å²) in [7, 11) is 0. The van der Waals surface area contributed by atoms with Crippen LogP contribution in [0.5, 0.6) is 0 Å². The van der Waals surface area contributed by atoms with Gasteiger partial charge in [-0.05, 0) is 38.2 Å². The van der Waals surface area contributed by atoms with Gasteiger partial charge < -0.3 is 14.2 Å². The molecule has 0 amide bonds. The Kier molecular flexibility index (Phi) is 3.69. The van der Waals surface area contributed by atoms with E-state index in [1.54, 1.807) is 0 Å². The highest BCUT2D eigenvalue weighted by molar-refractivity contribution is 5.27. The number of aromatic nitrogens is 3. The highest BCUT2D eigenvalue weighted by Gasteiger charge is 2.20. The topological polar surface area (TPSA) is 43.0 Å². The Morgan fingerprint density at radius 3 is 3.00 bits per heavy atom. The molecule has 2 aromatic rings. The molecule has 102 valence electrons. The summed E-state index contributed by atoms with van der Waals surface area (Å²) in [6, 6.07) is 2.09. The molecule has 0 saturated carbocycles. The molecule has 4 nitrogen and oxygen atoms in total. The van der Waals surface area contributed by atoms with Gasteiger partial charge in [0.15, 0.2) is 0 Å². The fraction of sp³-hybridized carbons (Fsp3) is 0.533. The van der Waals surface area contributed by atoms with Gasteiger partial charge in [-0.3, -0.25) is 0 Å². The Labute approximate surface area is 113 Å². The maximum Gasteiger partial charge on any atom is 0.0945 e. The average molecular weight is 259 g/mol. The number of nitrogens with zero attached hydrogens (tertiary/aromatic N) is 3. The van der Waals surface area contributed by atoms with E-state index in [2.05, 4.69) is 26.4 Å². The second kappa shape index (κ2) is 5.61. The van der Waals surface area contributed by atoms with Crippen molar-refractivity contribution in [3.05, 3.63) is 42.2 Å². The average Bonchev–Trinajstić information content (AvgIpc) is 3.05. The highest BCUT2D eigenvalue weighted by atomic mass is 16.3. The summed E-state index contributed by atoms with van der Waals surface area (Å²) in [5.41, 5.74) is 2.50. The molecule has 1 unspecified atom stereocenters. The number of fused-ring (bicyclic) bond motifs is 1. The van der Waals surface area contributed by atoms with Crippen molar-refractivity contribution < 1.29 is 5.11 Å². The number of aliphatic hydroxyl groups excluding tert-OH is 1. The van der Waals surface area contributed by atoms with Crippen LogP contribution >= 0.6 is 0 Å². The molecule has 0 aliphatic heterocycles. The third-order valence-electron chi connectivity index (χ3n) is 3.99. The lowest BCUT2D eigenvalue weighted by molar-refractivity contribution is 0.155. The van der Waals surface area contributed by atoms with E-state index in [4.69, 9.17) is 0 Å². The Bertz CT molecular complexity index is 515. The van der Waals surface area contributed by atoms with E-state index >= 15 is 0 Å². The van der Waals surface area contributed by atoms with Crippen LogP contribution in [0.4, 0.5) is 0 Å². The van der Waals surface area contributed by atoms with Crippen LogP contribution < -0.4 is 0 Å². The lowest BCUT2D eigenvalue weighted by atomic mass is 9.95. The second-order valence-corrected chi connectivity index (χ2v) is 5.33. The van der Waals surface area contributed by atoms with Crippen molar-refractivity contribution in [3.63, 3.8) is 0 Å². The SMILES string of the molecule is OC1CCCc2c1ccn2CCCCn1ccnc1. The fourth-order valence-corrected chi connectivity index (χ4v) is 2.94. The Hall–Kier alpha value is -1.55. The van der Waals surface area contributed by atoms with E-state index in [1.807, 2.05) is 18.7 Å². The first kappa shape index (κ1) is 12.5. The largest absolute Gasteiger partial charge is 0.388 e. The molecule has 19 heavy (non-hydrogen) atoms. The number of imidazole rings is 1. The normalized spacial score (nSPS) is 18.5. The van der Waals surface area contributed by atoms with Gasteiger partial charge in [-0.2, -0.15) is 0 Å². The van der Waals surface area contributed by atoms with Crippen molar-refractivity contribution in [3.8, 4) is 0 Å². The van der Waals surface area contributed by atoms with E-state index in [-0.39, 0.29) is 6.10 Å². The third kappa shape index (κ3) is 2.73. The minimum Gasteiger partial charge on any atom is -0.388 e. The molecule has 0 bridgehead atoms. The van der Waals surface area contributed by atoms with Gasteiger partial charge in [0.1, 0.15) is 0 Å². The van der Waals surface area contributed by atoms with Gasteiger partial charge in [0.2, 0.25) is 0 Å². The Balaban J connectivity index is 1.53. The standard InChI is InChI=1S/C15H21N3O/c19-15-5-3-4-14-13(15)6-10-18(14)9-2-1-8-17-11-7-16-12-17/h6-7,10-12,15,19H,1-5,8-9H2. The van der Waals surface area contributed by atoms with Crippen molar-refractivity contribution >= 4 is 0 Å². The third-order valence-corrected chi connectivity index (χ3v) is 3.99. The molecule has 0 aromatic carbocycles. The Morgan fingerprint density at radius 1 is 1.26 bits per heavy atom. The maximum atomic E-state index is 9.95. The van der Waals surface area contributed by atoms with Crippen molar-refractivity contribution in [1.29, 1.82) is 0 Å².